The molecule has 0 aromatic heterocycles. The van der Waals surface area contributed by atoms with E-state index in [1.54, 1.807) is 6.92 Å². The van der Waals surface area contributed by atoms with E-state index in [0.29, 0.717) is 0 Å². The lowest BCUT2D eigenvalue weighted by atomic mass is 9.98. The Morgan fingerprint density at radius 2 is 1.28 bits per heavy atom. The molecule has 0 aliphatic carbocycles. The van der Waals surface area contributed by atoms with Gasteiger partial charge in [0.1, 0.15) is 0 Å². The van der Waals surface area contributed by atoms with Crippen molar-refractivity contribution in [3.05, 3.63) is 102 Å². The zero-order valence-electron chi connectivity index (χ0n) is 15.8. The Morgan fingerprint density at radius 1 is 0.793 bits per heavy atom. The summed E-state index contributed by atoms with van der Waals surface area (Å²) in [7, 11) is 0. The SMILES string of the molecule is C[C@@H](NC(c1ccccc1)c1ccccc1)C(=O)Nc1ccccc1C(F)(F)F. The van der Waals surface area contributed by atoms with Crippen molar-refractivity contribution in [1.82, 2.24) is 5.32 Å². The van der Waals surface area contributed by atoms with Gasteiger partial charge in [0.2, 0.25) is 5.91 Å². The van der Waals surface area contributed by atoms with E-state index in [2.05, 4.69) is 10.6 Å². The van der Waals surface area contributed by atoms with Gasteiger partial charge in [-0.1, -0.05) is 72.8 Å². The van der Waals surface area contributed by atoms with Gasteiger partial charge in [-0.2, -0.15) is 13.2 Å². The lowest BCUT2D eigenvalue weighted by Gasteiger charge is -2.24. The van der Waals surface area contributed by atoms with Crippen molar-refractivity contribution < 1.29 is 18.0 Å². The predicted octanol–water partition coefficient (Wildman–Crippen LogP) is 5.41. The van der Waals surface area contributed by atoms with Gasteiger partial charge in [0, 0.05) is 0 Å². The molecule has 1 amide bonds. The van der Waals surface area contributed by atoms with E-state index in [1.807, 2.05) is 60.7 Å². The van der Waals surface area contributed by atoms with Crippen molar-refractivity contribution in [1.29, 1.82) is 0 Å². The number of anilines is 1. The molecule has 3 aromatic carbocycles. The molecule has 0 radical (unpaired) electrons. The molecule has 0 unspecified atom stereocenters. The van der Waals surface area contributed by atoms with Gasteiger partial charge in [0.15, 0.2) is 0 Å². The number of carbonyl (C=O) groups is 1. The summed E-state index contributed by atoms with van der Waals surface area (Å²) in [4.78, 5) is 12.6. The number of hydrogen-bond donors (Lipinski definition) is 2. The molecule has 3 rings (SSSR count). The third-order valence-electron chi connectivity index (χ3n) is 4.57. The summed E-state index contributed by atoms with van der Waals surface area (Å²) < 4.78 is 39.6. The van der Waals surface area contributed by atoms with Gasteiger partial charge in [0.25, 0.3) is 0 Å². The second kappa shape index (κ2) is 8.92. The lowest BCUT2D eigenvalue weighted by Crippen LogP contribution is -2.40. The molecule has 0 aliphatic heterocycles. The lowest BCUT2D eigenvalue weighted by molar-refractivity contribution is -0.137. The fourth-order valence-electron chi connectivity index (χ4n) is 3.08. The van der Waals surface area contributed by atoms with Crippen molar-refractivity contribution in [3.63, 3.8) is 0 Å². The largest absolute Gasteiger partial charge is 0.418 e. The summed E-state index contributed by atoms with van der Waals surface area (Å²) >= 11 is 0. The number of benzene rings is 3. The van der Waals surface area contributed by atoms with Crippen LogP contribution >= 0.6 is 0 Å². The Kier molecular flexibility index (Phi) is 6.34. The second-order valence-electron chi connectivity index (χ2n) is 6.68. The Morgan fingerprint density at radius 3 is 1.79 bits per heavy atom. The van der Waals surface area contributed by atoms with Crippen LogP contribution in [-0.4, -0.2) is 11.9 Å². The van der Waals surface area contributed by atoms with Crippen molar-refractivity contribution in [2.45, 2.75) is 25.2 Å². The molecular weight excluding hydrogens is 377 g/mol. The minimum absolute atomic E-state index is 0.255. The van der Waals surface area contributed by atoms with Crippen LogP contribution in [0.4, 0.5) is 18.9 Å². The Labute approximate surface area is 167 Å². The molecule has 0 fully saturated rings. The minimum Gasteiger partial charge on any atom is -0.324 e. The normalized spacial score (nSPS) is 12.6. The number of rotatable bonds is 6. The van der Waals surface area contributed by atoms with Gasteiger partial charge in [0.05, 0.1) is 23.3 Å². The highest BCUT2D eigenvalue weighted by Gasteiger charge is 2.34. The van der Waals surface area contributed by atoms with Gasteiger partial charge in [-0.15, -0.1) is 0 Å². The van der Waals surface area contributed by atoms with Crippen LogP contribution < -0.4 is 10.6 Å². The summed E-state index contributed by atoms with van der Waals surface area (Å²) in [6.07, 6.45) is -4.54. The smallest absolute Gasteiger partial charge is 0.324 e. The van der Waals surface area contributed by atoms with E-state index in [1.165, 1.54) is 18.2 Å². The third-order valence-corrected chi connectivity index (χ3v) is 4.57. The first-order valence-electron chi connectivity index (χ1n) is 9.19. The predicted molar refractivity (Wildman–Crippen MR) is 107 cm³/mol. The molecule has 0 saturated heterocycles. The van der Waals surface area contributed by atoms with Crippen molar-refractivity contribution >= 4 is 11.6 Å². The van der Waals surface area contributed by atoms with E-state index < -0.39 is 23.7 Å². The molecule has 150 valence electrons. The quantitative estimate of drug-likeness (QED) is 0.583. The highest BCUT2D eigenvalue weighted by Crippen LogP contribution is 2.34. The first kappa shape index (κ1) is 20.6. The van der Waals surface area contributed by atoms with Gasteiger partial charge in [-0.3, -0.25) is 10.1 Å². The van der Waals surface area contributed by atoms with Gasteiger partial charge >= 0.3 is 6.18 Å². The van der Waals surface area contributed by atoms with Crippen molar-refractivity contribution in [2.75, 3.05) is 5.32 Å². The van der Waals surface area contributed by atoms with Crippen LogP contribution in [0.5, 0.6) is 0 Å². The average molecular weight is 398 g/mol. The maximum Gasteiger partial charge on any atom is 0.418 e. The van der Waals surface area contributed by atoms with Gasteiger partial charge < -0.3 is 5.32 Å². The molecule has 0 heterocycles. The van der Waals surface area contributed by atoms with Gasteiger partial charge in [-0.05, 0) is 30.2 Å². The summed E-state index contributed by atoms with van der Waals surface area (Å²) in [5.41, 5.74) is 0.779. The zero-order valence-corrected chi connectivity index (χ0v) is 15.8. The van der Waals surface area contributed by atoms with Crippen LogP contribution in [-0.2, 0) is 11.0 Å². The summed E-state index contributed by atoms with van der Waals surface area (Å²) in [6, 6.07) is 23.1. The second-order valence-corrected chi connectivity index (χ2v) is 6.68. The standard InChI is InChI=1S/C23H21F3N2O/c1-16(22(29)28-20-15-9-8-14-19(20)23(24,25)26)27-21(17-10-4-2-5-11-17)18-12-6-3-7-13-18/h2-16,21,27H,1H3,(H,28,29)/t16-/m1/s1. The maximum absolute atomic E-state index is 13.2. The average Bonchev–Trinajstić information content (AvgIpc) is 2.72. The van der Waals surface area contributed by atoms with Crippen LogP contribution in [0, 0.1) is 0 Å². The van der Waals surface area contributed by atoms with Crippen LogP contribution in [0.1, 0.15) is 29.7 Å². The van der Waals surface area contributed by atoms with Crippen LogP contribution in [0.15, 0.2) is 84.9 Å². The molecule has 6 heteroatoms. The molecule has 3 aromatic rings. The number of carbonyl (C=O) groups excluding carboxylic acids is 1. The van der Waals surface area contributed by atoms with Crippen molar-refractivity contribution in [2.24, 2.45) is 0 Å². The van der Waals surface area contributed by atoms with E-state index in [4.69, 9.17) is 0 Å². The van der Waals surface area contributed by atoms with E-state index >= 15 is 0 Å². The number of amides is 1. The number of hydrogen-bond acceptors (Lipinski definition) is 2. The molecule has 2 N–H and O–H groups in total. The van der Waals surface area contributed by atoms with Gasteiger partial charge in [-0.25, -0.2) is 0 Å². The third kappa shape index (κ3) is 5.23. The number of para-hydroxylation sites is 1. The van der Waals surface area contributed by atoms with Crippen molar-refractivity contribution in [3.8, 4) is 0 Å². The highest BCUT2D eigenvalue weighted by molar-refractivity contribution is 5.95. The van der Waals surface area contributed by atoms with E-state index in [0.717, 1.165) is 17.2 Å². The molecule has 0 bridgehead atoms. The van der Waals surface area contributed by atoms with E-state index in [9.17, 15) is 18.0 Å². The molecule has 0 aliphatic rings. The molecule has 0 spiro atoms. The maximum atomic E-state index is 13.2. The first-order valence-corrected chi connectivity index (χ1v) is 9.19. The molecule has 3 nitrogen and oxygen atoms in total. The number of nitrogens with one attached hydrogen (secondary N) is 2. The van der Waals surface area contributed by atoms with Crippen LogP contribution in [0.25, 0.3) is 0 Å². The van der Waals surface area contributed by atoms with Crippen LogP contribution in [0.2, 0.25) is 0 Å². The molecule has 0 saturated carbocycles. The monoisotopic (exact) mass is 398 g/mol. The fraction of sp³-hybridized carbons (Fsp3) is 0.174. The molecule has 1 atom stereocenters. The topological polar surface area (TPSA) is 41.1 Å². The number of halogens is 3. The molecule has 29 heavy (non-hydrogen) atoms. The first-order chi connectivity index (χ1) is 13.9. The summed E-state index contributed by atoms with van der Waals surface area (Å²) in [5.74, 6) is -0.543. The highest BCUT2D eigenvalue weighted by atomic mass is 19.4. The number of alkyl halides is 3. The Bertz CT molecular complexity index is 904. The zero-order chi connectivity index (χ0) is 20.9. The van der Waals surface area contributed by atoms with E-state index in [-0.39, 0.29) is 11.7 Å². The molecular formula is C23H21F3N2O. The minimum atomic E-state index is -4.54. The Hall–Kier alpha value is -3.12. The summed E-state index contributed by atoms with van der Waals surface area (Å²) in [6.45, 7) is 1.63. The summed E-state index contributed by atoms with van der Waals surface area (Å²) in [5, 5.41) is 5.64. The Balaban J connectivity index is 1.80. The fourth-order valence-corrected chi connectivity index (χ4v) is 3.08. The van der Waals surface area contributed by atoms with Crippen LogP contribution in [0.3, 0.4) is 0 Å².